The summed E-state index contributed by atoms with van der Waals surface area (Å²) in [7, 11) is 0. The van der Waals surface area contributed by atoms with Crippen LogP contribution in [0.1, 0.15) is 26.7 Å². The number of nitrogens with one attached hydrogen (secondary N) is 1. The van der Waals surface area contributed by atoms with E-state index in [1.807, 2.05) is 19.9 Å². The van der Waals surface area contributed by atoms with E-state index in [4.69, 9.17) is 10.00 Å². The molecule has 0 radical (unpaired) electrons. The summed E-state index contributed by atoms with van der Waals surface area (Å²) in [5.74, 6) is -0.171. The Kier molecular flexibility index (Phi) is 4.51. The fourth-order valence-electron chi connectivity index (χ4n) is 1.63. The second-order valence-corrected chi connectivity index (χ2v) is 4.30. The molecule has 0 saturated carbocycles. The fraction of sp³-hybridized carbons (Fsp3) is 0.667. The highest BCUT2D eigenvalue weighted by molar-refractivity contribution is 5.85. The van der Waals surface area contributed by atoms with Gasteiger partial charge in [-0.2, -0.15) is 5.26 Å². The highest BCUT2D eigenvalue weighted by Crippen LogP contribution is 2.29. The van der Waals surface area contributed by atoms with E-state index in [0.717, 1.165) is 5.57 Å². The molecule has 0 bridgehead atoms. The maximum absolute atomic E-state index is 11.9. The lowest BCUT2D eigenvalue weighted by Gasteiger charge is -2.28. The molecule has 4 nitrogen and oxygen atoms in total. The molecule has 88 valence electrons. The first kappa shape index (κ1) is 12.7. The summed E-state index contributed by atoms with van der Waals surface area (Å²) in [4.78, 5) is 11.9. The Morgan fingerprint density at radius 3 is 2.62 bits per heavy atom. The SMILES string of the molecule is CC(C)=CCNC(=O)C1(C#N)CCOCC1. The first-order valence-electron chi connectivity index (χ1n) is 5.51. The van der Waals surface area contributed by atoms with Gasteiger partial charge in [0.05, 0.1) is 6.07 Å². The average Bonchev–Trinajstić information content (AvgIpc) is 2.29. The number of hydrogen-bond donors (Lipinski definition) is 1. The molecular formula is C12H18N2O2. The van der Waals surface area contributed by atoms with E-state index in [1.165, 1.54) is 0 Å². The molecule has 1 saturated heterocycles. The van der Waals surface area contributed by atoms with Crippen molar-refractivity contribution in [3.8, 4) is 6.07 Å². The highest BCUT2D eigenvalue weighted by Gasteiger charge is 2.40. The van der Waals surface area contributed by atoms with Gasteiger partial charge in [-0.3, -0.25) is 4.79 Å². The molecule has 0 aromatic rings. The minimum atomic E-state index is -0.881. The van der Waals surface area contributed by atoms with Crippen LogP contribution in [0.2, 0.25) is 0 Å². The lowest BCUT2D eigenvalue weighted by atomic mass is 9.81. The van der Waals surface area contributed by atoms with Gasteiger partial charge in [0, 0.05) is 19.8 Å². The van der Waals surface area contributed by atoms with Gasteiger partial charge in [-0.05, 0) is 26.7 Å². The predicted octanol–water partition coefficient (Wildman–Crippen LogP) is 1.39. The quantitative estimate of drug-likeness (QED) is 0.734. The van der Waals surface area contributed by atoms with Crippen molar-refractivity contribution in [2.75, 3.05) is 19.8 Å². The minimum absolute atomic E-state index is 0.171. The molecule has 0 aliphatic carbocycles. The van der Waals surface area contributed by atoms with Crippen molar-refractivity contribution < 1.29 is 9.53 Å². The number of carbonyl (C=O) groups excluding carboxylic acids is 1. The van der Waals surface area contributed by atoms with Crippen molar-refractivity contribution in [2.24, 2.45) is 5.41 Å². The Bertz CT molecular complexity index is 318. The third-order valence-corrected chi connectivity index (χ3v) is 2.77. The molecule has 1 fully saturated rings. The van der Waals surface area contributed by atoms with E-state index in [-0.39, 0.29) is 5.91 Å². The summed E-state index contributed by atoms with van der Waals surface area (Å²) in [5.41, 5.74) is 0.270. The summed E-state index contributed by atoms with van der Waals surface area (Å²) in [5, 5.41) is 11.9. The third kappa shape index (κ3) is 3.07. The molecule has 16 heavy (non-hydrogen) atoms. The maximum Gasteiger partial charge on any atom is 0.240 e. The van der Waals surface area contributed by atoms with Crippen molar-refractivity contribution in [2.45, 2.75) is 26.7 Å². The van der Waals surface area contributed by atoms with E-state index < -0.39 is 5.41 Å². The molecule has 1 rings (SSSR count). The number of nitrogens with zero attached hydrogens (tertiary/aromatic N) is 1. The molecule has 0 aromatic carbocycles. The Morgan fingerprint density at radius 2 is 2.12 bits per heavy atom. The Labute approximate surface area is 96.3 Å². The Morgan fingerprint density at radius 1 is 1.50 bits per heavy atom. The van der Waals surface area contributed by atoms with Crippen LogP contribution in [0.5, 0.6) is 0 Å². The van der Waals surface area contributed by atoms with Gasteiger partial charge in [-0.15, -0.1) is 0 Å². The molecule has 4 heteroatoms. The van der Waals surface area contributed by atoms with E-state index in [2.05, 4.69) is 11.4 Å². The van der Waals surface area contributed by atoms with E-state index in [9.17, 15) is 4.79 Å². The molecule has 0 atom stereocenters. The van der Waals surface area contributed by atoms with Crippen LogP contribution in [0, 0.1) is 16.7 Å². The molecule has 1 aliphatic heterocycles. The number of nitriles is 1. The number of carbonyl (C=O) groups is 1. The lowest BCUT2D eigenvalue weighted by Crippen LogP contribution is -2.43. The second-order valence-electron chi connectivity index (χ2n) is 4.30. The molecule has 1 heterocycles. The van der Waals surface area contributed by atoms with Crippen LogP contribution in [0.15, 0.2) is 11.6 Å². The van der Waals surface area contributed by atoms with Crippen molar-refractivity contribution in [1.29, 1.82) is 5.26 Å². The van der Waals surface area contributed by atoms with Gasteiger partial charge in [0.15, 0.2) is 0 Å². The van der Waals surface area contributed by atoms with E-state index >= 15 is 0 Å². The standard InChI is InChI=1S/C12H18N2O2/c1-10(2)3-6-14-11(15)12(9-13)4-7-16-8-5-12/h3H,4-8H2,1-2H3,(H,14,15). The van der Waals surface area contributed by atoms with Crippen LogP contribution in [-0.4, -0.2) is 25.7 Å². The van der Waals surface area contributed by atoms with Crippen LogP contribution in [0.25, 0.3) is 0 Å². The zero-order valence-electron chi connectivity index (χ0n) is 9.88. The monoisotopic (exact) mass is 222 g/mol. The van der Waals surface area contributed by atoms with Crippen molar-refractivity contribution in [3.05, 3.63) is 11.6 Å². The molecule has 1 N–H and O–H groups in total. The molecular weight excluding hydrogens is 204 g/mol. The van der Waals surface area contributed by atoms with Crippen LogP contribution in [-0.2, 0) is 9.53 Å². The normalized spacial score (nSPS) is 18.3. The largest absolute Gasteiger partial charge is 0.381 e. The van der Waals surface area contributed by atoms with Crippen LogP contribution in [0.4, 0.5) is 0 Å². The Hall–Kier alpha value is -1.34. The molecule has 0 spiro atoms. The number of rotatable bonds is 3. The van der Waals surface area contributed by atoms with Crippen molar-refractivity contribution in [1.82, 2.24) is 5.32 Å². The van der Waals surface area contributed by atoms with E-state index in [1.54, 1.807) is 0 Å². The summed E-state index contributed by atoms with van der Waals surface area (Å²) < 4.78 is 5.18. The van der Waals surface area contributed by atoms with Gasteiger partial charge in [0.25, 0.3) is 0 Å². The van der Waals surface area contributed by atoms with Gasteiger partial charge in [-0.25, -0.2) is 0 Å². The maximum atomic E-state index is 11.9. The predicted molar refractivity (Wildman–Crippen MR) is 60.5 cm³/mol. The first-order chi connectivity index (χ1) is 7.60. The minimum Gasteiger partial charge on any atom is -0.381 e. The number of ether oxygens (including phenoxy) is 1. The van der Waals surface area contributed by atoms with Crippen LogP contribution < -0.4 is 5.32 Å². The zero-order valence-corrected chi connectivity index (χ0v) is 9.88. The average molecular weight is 222 g/mol. The van der Waals surface area contributed by atoms with Crippen molar-refractivity contribution in [3.63, 3.8) is 0 Å². The number of amides is 1. The van der Waals surface area contributed by atoms with Gasteiger partial charge < -0.3 is 10.1 Å². The zero-order chi connectivity index (χ0) is 12.0. The highest BCUT2D eigenvalue weighted by atomic mass is 16.5. The van der Waals surface area contributed by atoms with Gasteiger partial charge in [0.1, 0.15) is 5.41 Å². The molecule has 1 aliphatic rings. The summed E-state index contributed by atoms with van der Waals surface area (Å²) in [6.07, 6.45) is 2.91. The van der Waals surface area contributed by atoms with Crippen LogP contribution in [0.3, 0.4) is 0 Å². The summed E-state index contributed by atoms with van der Waals surface area (Å²) >= 11 is 0. The fourth-order valence-corrected chi connectivity index (χ4v) is 1.63. The van der Waals surface area contributed by atoms with Gasteiger partial charge >= 0.3 is 0 Å². The van der Waals surface area contributed by atoms with Crippen molar-refractivity contribution >= 4 is 5.91 Å². The third-order valence-electron chi connectivity index (χ3n) is 2.77. The molecule has 1 amide bonds. The molecule has 0 aromatic heterocycles. The van der Waals surface area contributed by atoms with E-state index in [0.29, 0.717) is 32.6 Å². The summed E-state index contributed by atoms with van der Waals surface area (Å²) in [6.45, 7) is 5.42. The second kappa shape index (κ2) is 5.66. The lowest BCUT2D eigenvalue weighted by molar-refractivity contribution is -0.132. The molecule has 0 unspecified atom stereocenters. The smallest absolute Gasteiger partial charge is 0.240 e. The number of hydrogen-bond acceptors (Lipinski definition) is 3. The number of allylic oxidation sites excluding steroid dienone is 1. The van der Waals surface area contributed by atoms with Crippen LogP contribution >= 0.6 is 0 Å². The Balaban J connectivity index is 2.56. The first-order valence-corrected chi connectivity index (χ1v) is 5.51. The summed E-state index contributed by atoms with van der Waals surface area (Å²) in [6, 6.07) is 2.14. The van der Waals surface area contributed by atoms with Gasteiger partial charge in [-0.1, -0.05) is 11.6 Å². The topological polar surface area (TPSA) is 62.1 Å². The van der Waals surface area contributed by atoms with Gasteiger partial charge in [0.2, 0.25) is 5.91 Å².